The Labute approximate surface area is 757 Å². The van der Waals surface area contributed by atoms with Crippen LogP contribution in [-0.4, -0.2) is 0 Å². The van der Waals surface area contributed by atoms with Gasteiger partial charge in [0.05, 0.1) is 17.1 Å². The molecule has 4 heterocycles. The fourth-order valence-corrected chi connectivity index (χ4v) is 21.8. The smallest absolute Gasteiger partial charge is 0.139 e. The van der Waals surface area contributed by atoms with Gasteiger partial charge in [-0.2, -0.15) is 0 Å². The van der Waals surface area contributed by atoms with E-state index in [1.54, 1.807) is 0 Å². The van der Waals surface area contributed by atoms with Gasteiger partial charge in [-0.05, 0) is 203 Å². The van der Waals surface area contributed by atoms with Crippen molar-refractivity contribution in [2.45, 2.75) is 77.0 Å². The molecule has 0 N–H and O–H groups in total. The first-order valence-corrected chi connectivity index (χ1v) is 45.1. The SMILES string of the molecule is CC1(C)c2cc(N(c3ccccc3)c3ccc4c(c3)oc3ccccc34)ccc2-c2oc3c(c21)C(C)(C)c1cc(N(c2ccccc2)c2ccccc2-c2ccccc2)ccc1-3.CC1(C)c2cc(N(c3ccccc3)c3ccccc3-c3ccccc3)ccc2-c2oc3c(c21)C(C)(C)c1cc(N(c2ccc4c(c2)oc2ccccc24)c2ccccc2-c2ccccc2)ccc1-3. The Morgan fingerprint density at radius 1 is 0.169 bits per heavy atom. The number of benzene rings is 17. The number of nitrogens with zero attached hydrogens (tertiary/aromatic N) is 4. The van der Waals surface area contributed by atoms with Crippen LogP contribution >= 0.6 is 0 Å². The van der Waals surface area contributed by atoms with Crippen LogP contribution in [0.25, 0.3) is 123 Å². The van der Waals surface area contributed by atoms with Gasteiger partial charge in [-0.3, -0.25) is 0 Å². The molecule has 0 saturated carbocycles. The van der Waals surface area contributed by atoms with Gasteiger partial charge >= 0.3 is 0 Å². The Balaban J connectivity index is 0.000000145. The molecule has 17 aromatic carbocycles. The summed E-state index contributed by atoms with van der Waals surface area (Å²) >= 11 is 0. The Hall–Kier alpha value is -15.9. The van der Waals surface area contributed by atoms with Gasteiger partial charge in [-0.1, -0.05) is 292 Å². The molecule has 0 bridgehead atoms. The maximum absolute atomic E-state index is 7.22. The number of para-hydroxylation sites is 8. The van der Waals surface area contributed by atoms with Gasteiger partial charge in [0.15, 0.2) is 0 Å². The molecule has 25 rings (SSSR count). The van der Waals surface area contributed by atoms with E-state index in [4.69, 9.17) is 17.7 Å². The molecule has 0 atom stereocenters. The van der Waals surface area contributed by atoms with E-state index in [9.17, 15) is 0 Å². The van der Waals surface area contributed by atoms with E-state index < -0.39 is 0 Å². The number of anilines is 12. The summed E-state index contributed by atoms with van der Waals surface area (Å²) in [7, 11) is 0. The van der Waals surface area contributed by atoms with Crippen molar-refractivity contribution in [3.63, 3.8) is 0 Å². The van der Waals surface area contributed by atoms with Crippen molar-refractivity contribution in [2.24, 2.45) is 0 Å². The Morgan fingerprint density at radius 3 is 0.723 bits per heavy atom. The van der Waals surface area contributed by atoms with Crippen molar-refractivity contribution < 1.29 is 17.7 Å². The first-order chi connectivity index (χ1) is 63.5. The van der Waals surface area contributed by atoms with Crippen molar-refractivity contribution in [3.05, 3.63) is 457 Å². The third kappa shape index (κ3) is 12.2. The van der Waals surface area contributed by atoms with Gasteiger partial charge in [0, 0.05) is 168 Å². The van der Waals surface area contributed by atoms with Crippen molar-refractivity contribution in [3.8, 4) is 78.7 Å². The summed E-state index contributed by atoms with van der Waals surface area (Å²) in [6.07, 6.45) is 0. The fourth-order valence-electron chi connectivity index (χ4n) is 21.8. The lowest BCUT2D eigenvalue weighted by Gasteiger charge is -2.31. The van der Waals surface area contributed by atoms with E-state index in [1.165, 1.54) is 66.8 Å². The molecule has 0 radical (unpaired) electrons. The van der Waals surface area contributed by atoms with E-state index >= 15 is 0 Å². The summed E-state index contributed by atoms with van der Waals surface area (Å²) in [5.74, 6) is 3.94. The second-order valence-corrected chi connectivity index (χ2v) is 37.0. The lowest BCUT2D eigenvalue weighted by molar-refractivity contribution is 0.592. The average molecular weight is 1680 g/mol. The largest absolute Gasteiger partial charge is 0.456 e. The van der Waals surface area contributed by atoms with Crippen LogP contribution < -0.4 is 19.6 Å². The monoisotopic (exact) mass is 1680 g/mol. The highest BCUT2D eigenvalue weighted by Crippen LogP contribution is 2.65. The van der Waals surface area contributed by atoms with Crippen LogP contribution in [0.4, 0.5) is 68.2 Å². The molecule has 4 aromatic heterocycles. The molecule has 8 heteroatoms. The highest BCUT2D eigenvalue weighted by Gasteiger charge is 2.53. The van der Waals surface area contributed by atoms with Crippen molar-refractivity contribution in [1.29, 1.82) is 0 Å². The molecule has 8 nitrogen and oxygen atoms in total. The normalized spacial score (nSPS) is 13.9. The van der Waals surface area contributed by atoms with Crippen LogP contribution in [0, 0.1) is 0 Å². The van der Waals surface area contributed by atoms with Gasteiger partial charge in [0.25, 0.3) is 0 Å². The zero-order chi connectivity index (χ0) is 87.5. The lowest BCUT2D eigenvalue weighted by Crippen LogP contribution is -2.23. The van der Waals surface area contributed by atoms with E-state index in [1.807, 2.05) is 24.3 Å². The van der Waals surface area contributed by atoms with Gasteiger partial charge < -0.3 is 37.3 Å². The summed E-state index contributed by atoms with van der Waals surface area (Å²) in [6, 6.07) is 148. The van der Waals surface area contributed by atoms with Gasteiger partial charge in [0.1, 0.15) is 45.4 Å². The van der Waals surface area contributed by atoms with Crippen LogP contribution in [0.1, 0.15) is 99.9 Å². The van der Waals surface area contributed by atoms with Crippen molar-refractivity contribution >= 4 is 112 Å². The van der Waals surface area contributed by atoms with Crippen molar-refractivity contribution in [2.75, 3.05) is 19.6 Å². The van der Waals surface area contributed by atoms with Crippen molar-refractivity contribution in [1.82, 2.24) is 0 Å². The number of hydrogen-bond donors (Lipinski definition) is 0. The molecule has 130 heavy (non-hydrogen) atoms. The second-order valence-electron chi connectivity index (χ2n) is 37.0. The fraction of sp³-hybridized carbons (Fsp3) is 0.0984. The van der Waals surface area contributed by atoms with E-state index in [0.717, 1.165) is 169 Å². The zero-order valence-corrected chi connectivity index (χ0v) is 73.7. The molecule has 21 aromatic rings. The van der Waals surface area contributed by atoms with E-state index in [0.29, 0.717) is 0 Å². The molecule has 0 saturated heterocycles. The maximum Gasteiger partial charge on any atom is 0.139 e. The lowest BCUT2D eigenvalue weighted by atomic mass is 9.74. The minimum Gasteiger partial charge on any atom is -0.456 e. The predicted octanol–water partition coefficient (Wildman–Crippen LogP) is 34.5. The Kier molecular flexibility index (Phi) is 17.8. The zero-order valence-electron chi connectivity index (χ0n) is 73.7. The molecule has 0 aliphatic heterocycles. The molecule has 4 aliphatic rings. The number of furan rings is 4. The highest BCUT2D eigenvalue weighted by molar-refractivity contribution is 6.08. The molecular weight excluding hydrogens is 1590 g/mol. The van der Waals surface area contributed by atoms with Gasteiger partial charge in [-0.15, -0.1) is 0 Å². The third-order valence-electron chi connectivity index (χ3n) is 28.0. The van der Waals surface area contributed by atoms with Gasteiger partial charge in [0.2, 0.25) is 0 Å². The predicted molar refractivity (Wildman–Crippen MR) is 537 cm³/mol. The Bertz CT molecular complexity index is 8050. The first-order valence-electron chi connectivity index (χ1n) is 45.1. The van der Waals surface area contributed by atoms with Crippen LogP contribution in [-0.2, 0) is 21.7 Å². The number of hydrogen-bond acceptors (Lipinski definition) is 8. The van der Waals surface area contributed by atoms with Gasteiger partial charge in [-0.25, -0.2) is 0 Å². The quantitative estimate of drug-likeness (QED) is 0.101. The molecule has 0 spiro atoms. The van der Waals surface area contributed by atoms with E-state index in [2.05, 4.69) is 463 Å². The Morgan fingerprint density at radius 2 is 0.400 bits per heavy atom. The van der Waals surface area contributed by atoms with Crippen LogP contribution in [0.3, 0.4) is 0 Å². The molecule has 0 fully saturated rings. The number of rotatable bonds is 15. The second kappa shape index (κ2) is 29.9. The third-order valence-corrected chi connectivity index (χ3v) is 28.0. The maximum atomic E-state index is 7.22. The molecular formula is C122H92N4O4. The highest BCUT2D eigenvalue weighted by atomic mass is 16.4. The van der Waals surface area contributed by atoms with E-state index in [-0.39, 0.29) is 21.7 Å². The minimum absolute atomic E-state index is 0.320. The van der Waals surface area contributed by atoms with Crippen LogP contribution in [0.5, 0.6) is 0 Å². The average Bonchev–Trinajstić information content (AvgIpc) is 1.52. The topological polar surface area (TPSA) is 65.5 Å². The summed E-state index contributed by atoms with van der Waals surface area (Å²) < 4.78 is 27.3. The molecule has 0 unspecified atom stereocenters. The minimum atomic E-state index is -0.363. The number of fused-ring (bicyclic) bond motifs is 20. The summed E-state index contributed by atoms with van der Waals surface area (Å²) in [4.78, 5) is 9.53. The molecule has 0 amide bonds. The summed E-state index contributed by atoms with van der Waals surface area (Å²) in [5, 5.41) is 4.47. The van der Waals surface area contributed by atoms with Crippen LogP contribution in [0.15, 0.2) is 430 Å². The van der Waals surface area contributed by atoms with Crippen LogP contribution in [0.2, 0.25) is 0 Å². The standard InChI is InChI=1S/C64H48N2O2.C58H44N2O2/c1-63(2)53-38-44(65(43-24-12-7-13-25-43)55-29-17-14-26-47(55)41-20-8-5-9-21-41)33-36-51(53)61-59(63)60-62(68-61)52-37-34-45(39-54(52)64(60,3)4)66(56-30-18-15-27-48(56)42-22-10-6-11-23-42)46-32-35-50-49-28-16-19-31-57(49)67-58(50)40-46;1-57(2)48-34-40(59(38-20-10-6-11-21-38)42-28-31-45-44-25-15-17-27-51(44)61-52(45)36-42)29-32-46(48)55-53(57)54-56(62-55)47-33-30-41(35-49(47)58(54,3)4)60(39-22-12-7-13-23-39)50-26-16-14-24-43(50)37-18-8-5-9-19-37/h5-40H,1-4H3;5-36H,1-4H3. The molecule has 4 aliphatic carbocycles. The first kappa shape index (κ1) is 77.6. The molecule has 624 valence electrons. The summed E-state index contributed by atoms with van der Waals surface area (Å²) in [6.45, 7) is 19.0. The summed E-state index contributed by atoms with van der Waals surface area (Å²) in [5.41, 5.74) is 37.1.